The quantitative estimate of drug-likeness (QED) is 0.691. The van der Waals surface area contributed by atoms with Crippen molar-refractivity contribution < 1.29 is 22.7 Å². The van der Waals surface area contributed by atoms with E-state index >= 15 is 0 Å². The van der Waals surface area contributed by atoms with Crippen LogP contribution in [-0.4, -0.2) is 6.29 Å². The topological polar surface area (TPSA) is 26.3 Å². The Bertz CT molecular complexity index is 679. The van der Waals surface area contributed by atoms with Gasteiger partial charge in [0.15, 0.2) is 0 Å². The van der Waals surface area contributed by atoms with Crippen molar-refractivity contribution in [2.75, 3.05) is 0 Å². The Morgan fingerprint density at radius 3 is 2.27 bits per heavy atom. The number of benzene rings is 2. The van der Waals surface area contributed by atoms with E-state index in [1.54, 1.807) is 18.2 Å². The lowest BCUT2D eigenvalue weighted by Gasteiger charge is -2.13. The highest BCUT2D eigenvalue weighted by Gasteiger charge is 2.31. The summed E-state index contributed by atoms with van der Waals surface area (Å²) in [6.45, 7) is -0.113. The summed E-state index contributed by atoms with van der Waals surface area (Å²) >= 11 is 11.9. The Hall–Kier alpha value is -1.72. The van der Waals surface area contributed by atoms with Gasteiger partial charge < -0.3 is 4.74 Å². The second kappa shape index (κ2) is 6.58. The van der Waals surface area contributed by atoms with E-state index in [2.05, 4.69) is 0 Å². The predicted octanol–water partition coefficient (Wildman–Crippen LogP) is 5.40. The van der Waals surface area contributed by atoms with E-state index in [0.29, 0.717) is 21.9 Å². The van der Waals surface area contributed by atoms with Crippen molar-refractivity contribution in [1.29, 1.82) is 0 Å². The van der Waals surface area contributed by atoms with Gasteiger partial charge in [0, 0.05) is 21.2 Å². The van der Waals surface area contributed by atoms with E-state index in [1.165, 1.54) is 6.07 Å². The number of halogens is 5. The summed E-state index contributed by atoms with van der Waals surface area (Å²) < 4.78 is 43.6. The van der Waals surface area contributed by atoms with Crippen LogP contribution in [-0.2, 0) is 12.8 Å². The van der Waals surface area contributed by atoms with Gasteiger partial charge in [0.1, 0.15) is 18.6 Å². The minimum atomic E-state index is -4.57. The number of carbonyl (C=O) groups is 1. The minimum absolute atomic E-state index is 0.0899. The molecule has 0 atom stereocenters. The maximum atomic E-state index is 12.8. The summed E-state index contributed by atoms with van der Waals surface area (Å²) in [5, 5.41) is 0.685. The zero-order valence-electron chi connectivity index (χ0n) is 11.0. The second-order valence-corrected chi connectivity index (χ2v) is 5.21. The van der Waals surface area contributed by atoms with Gasteiger partial charge in [-0.3, -0.25) is 4.79 Å². The van der Waals surface area contributed by atoms with Gasteiger partial charge in [-0.05, 0) is 30.3 Å². The molecule has 0 amide bonds. The van der Waals surface area contributed by atoms with Crippen molar-refractivity contribution in [3.63, 3.8) is 0 Å². The summed E-state index contributed by atoms with van der Waals surface area (Å²) in [5.41, 5.74) is -0.636. The van der Waals surface area contributed by atoms with Crippen molar-refractivity contribution in [3.8, 4) is 5.75 Å². The molecular weight excluding hydrogens is 340 g/mol. The highest BCUT2D eigenvalue weighted by molar-refractivity contribution is 6.35. The van der Waals surface area contributed by atoms with Gasteiger partial charge in [-0.15, -0.1) is 0 Å². The van der Waals surface area contributed by atoms with Gasteiger partial charge >= 0.3 is 6.18 Å². The fourth-order valence-corrected chi connectivity index (χ4v) is 2.27. The van der Waals surface area contributed by atoms with Gasteiger partial charge in [-0.25, -0.2) is 0 Å². The molecule has 22 heavy (non-hydrogen) atoms. The third-order valence-electron chi connectivity index (χ3n) is 2.84. The van der Waals surface area contributed by atoms with Crippen LogP contribution in [0.25, 0.3) is 0 Å². The zero-order chi connectivity index (χ0) is 16.3. The lowest BCUT2D eigenvalue weighted by atomic mass is 10.1. The summed E-state index contributed by atoms with van der Waals surface area (Å²) in [4.78, 5) is 10.8. The normalized spacial score (nSPS) is 11.3. The molecule has 116 valence electrons. The van der Waals surface area contributed by atoms with Crippen molar-refractivity contribution in [2.24, 2.45) is 0 Å². The SMILES string of the molecule is O=Cc1cc(OCc2c(Cl)cccc2Cl)cc(C(F)(F)F)c1. The van der Waals surface area contributed by atoms with Crippen LogP contribution in [0, 0.1) is 0 Å². The molecule has 2 nitrogen and oxygen atoms in total. The Morgan fingerprint density at radius 1 is 1.09 bits per heavy atom. The number of alkyl halides is 3. The molecule has 0 N–H and O–H groups in total. The lowest BCUT2D eigenvalue weighted by molar-refractivity contribution is -0.137. The zero-order valence-corrected chi connectivity index (χ0v) is 12.5. The summed E-state index contributed by atoms with van der Waals surface area (Å²) in [6, 6.07) is 7.61. The standard InChI is InChI=1S/C15H9Cl2F3O2/c16-13-2-1-3-14(17)12(13)8-22-11-5-9(7-21)4-10(6-11)15(18,19)20/h1-7H,8H2. The molecule has 0 aliphatic rings. The second-order valence-electron chi connectivity index (χ2n) is 4.40. The van der Waals surface area contributed by atoms with Crippen molar-refractivity contribution in [3.05, 3.63) is 63.1 Å². The molecule has 0 unspecified atom stereocenters. The molecule has 2 aromatic rings. The molecular formula is C15H9Cl2F3O2. The molecule has 0 aliphatic carbocycles. The van der Waals surface area contributed by atoms with Gasteiger partial charge in [-0.2, -0.15) is 13.2 Å². The third-order valence-corrected chi connectivity index (χ3v) is 3.55. The average molecular weight is 349 g/mol. The number of rotatable bonds is 4. The molecule has 0 aromatic heterocycles. The van der Waals surface area contributed by atoms with E-state index in [0.717, 1.165) is 12.1 Å². The van der Waals surface area contributed by atoms with Crippen molar-refractivity contribution in [1.82, 2.24) is 0 Å². The van der Waals surface area contributed by atoms with Crippen molar-refractivity contribution >= 4 is 29.5 Å². The van der Waals surface area contributed by atoms with Crippen LogP contribution in [0.1, 0.15) is 21.5 Å². The molecule has 0 radical (unpaired) electrons. The Balaban J connectivity index is 2.28. The fourth-order valence-electron chi connectivity index (χ4n) is 1.76. The summed E-state index contributed by atoms with van der Waals surface area (Å²) in [5.74, 6) is -0.0899. The first-order valence-corrected chi connectivity index (χ1v) is 6.80. The van der Waals surface area contributed by atoms with Crippen LogP contribution in [0.2, 0.25) is 10.0 Å². The third kappa shape index (κ3) is 3.93. The molecule has 2 aromatic carbocycles. The monoisotopic (exact) mass is 348 g/mol. The molecule has 0 aliphatic heterocycles. The molecule has 0 heterocycles. The average Bonchev–Trinajstić information content (AvgIpc) is 2.45. The Morgan fingerprint density at radius 2 is 1.73 bits per heavy atom. The van der Waals surface area contributed by atoms with Gasteiger partial charge in [0.25, 0.3) is 0 Å². The van der Waals surface area contributed by atoms with Gasteiger partial charge in [0.2, 0.25) is 0 Å². The first-order valence-electron chi connectivity index (χ1n) is 6.04. The van der Waals surface area contributed by atoms with Crippen LogP contribution in [0.3, 0.4) is 0 Å². The minimum Gasteiger partial charge on any atom is -0.489 e. The summed E-state index contributed by atoms with van der Waals surface area (Å²) in [7, 11) is 0. The van der Waals surface area contributed by atoms with Gasteiger partial charge in [0.05, 0.1) is 5.56 Å². The molecule has 0 saturated carbocycles. The molecule has 0 bridgehead atoms. The van der Waals surface area contributed by atoms with Crippen LogP contribution in [0.5, 0.6) is 5.75 Å². The maximum absolute atomic E-state index is 12.8. The van der Waals surface area contributed by atoms with Crippen LogP contribution in [0.4, 0.5) is 13.2 Å². The molecule has 2 rings (SSSR count). The van der Waals surface area contributed by atoms with E-state index in [1.807, 2.05) is 0 Å². The highest BCUT2D eigenvalue weighted by atomic mass is 35.5. The summed E-state index contributed by atoms with van der Waals surface area (Å²) in [6.07, 6.45) is -4.25. The Labute approximate surface area is 134 Å². The first-order chi connectivity index (χ1) is 10.3. The number of hydrogen-bond donors (Lipinski definition) is 0. The Kier molecular flexibility index (Phi) is 4.98. The largest absolute Gasteiger partial charge is 0.489 e. The van der Waals surface area contributed by atoms with E-state index in [9.17, 15) is 18.0 Å². The lowest BCUT2D eigenvalue weighted by Crippen LogP contribution is -2.07. The van der Waals surface area contributed by atoms with Crippen LogP contribution in [0.15, 0.2) is 36.4 Å². The number of ether oxygens (including phenoxy) is 1. The number of aldehydes is 1. The first kappa shape index (κ1) is 16.6. The predicted molar refractivity (Wildman–Crippen MR) is 77.6 cm³/mol. The van der Waals surface area contributed by atoms with E-state index in [4.69, 9.17) is 27.9 Å². The molecule has 0 spiro atoms. The maximum Gasteiger partial charge on any atom is 0.416 e. The number of hydrogen-bond acceptors (Lipinski definition) is 2. The molecule has 0 fully saturated rings. The number of carbonyl (C=O) groups excluding carboxylic acids is 1. The van der Waals surface area contributed by atoms with Crippen LogP contribution < -0.4 is 4.74 Å². The highest BCUT2D eigenvalue weighted by Crippen LogP contribution is 2.33. The van der Waals surface area contributed by atoms with Gasteiger partial charge in [-0.1, -0.05) is 29.3 Å². The molecule has 0 saturated heterocycles. The fraction of sp³-hybridized carbons (Fsp3) is 0.133. The van der Waals surface area contributed by atoms with Crippen molar-refractivity contribution in [2.45, 2.75) is 12.8 Å². The van der Waals surface area contributed by atoms with E-state index in [-0.39, 0.29) is 17.9 Å². The van der Waals surface area contributed by atoms with Crippen LogP contribution >= 0.6 is 23.2 Å². The van der Waals surface area contributed by atoms with E-state index < -0.39 is 11.7 Å². The smallest absolute Gasteiger partial charge is 0.416 e. The molecule has 7 heteroatoms.